The van der Waals surface area contributed by atoms with Crippen LogP contribution in [0.25, 0.3) is 0 Å². The van der Waals surface area contributed by atoms with Crippen LogP contribution in [-0.4, -0.2) is 12.5 Å². The third kappa shape index (κ3) is 4.31. The van der Waals surface area contributed by atoms with Gasteiger partial charge in [0.05, 0.1) is 22.9 Å². The molecule has 0 saturated heterocycles. The van der Waals surface area contributed by atoms with Crippen molar-refractivity contribution in [2.24, 2.45) is 0 Å². The monoisotopic (exact) mass is 330 g/mol. The molecule has 0 bridgehead atoms. The Hall–Kier alpha value is -1.85. The van der Waals surface area contributed by atoms with Gasteiger partial charge >= 0.3 is 0 Å². The summed E-state index contributed by atoms with van der Waals surface area (Å²) in [5.74, 6) is -2.06. The average Bonchev–Trinajstić information content (AvgIpc) is 2.43. The van der Waals surface area contributed by atoms with E-state index < -0.39 is 17.5 Å². The number of benzene rings is 2. The summed E-state index contributed by atoms with van der Waals surface area (Å²) in [6.07, 6.45) is 0. The molecule has 0 fully saturated rings. The minimum absolute atomic E-state index is 0.0969. The average molecular weight is 331 g/mol. The predicted octanol–water partition coefficient (Wildman–Crippen LogP) is 4.32. The SMILES string of the molecule is O=C(CNc1cc(Cl)ccc1Cl)Nc1ccc(F)cc1F. The van der Waals surface area contributed by atoms with E-state index in [9.17, 15) is 13.6 Å². The molecule has 0 spiro atoms. The van der Waals surface area contributed by atoms with Gasteiger partial charge in [-0.2, -0.15) is 0 Å². The molecule has 2 aromatic rings. The Morgan fingerprint density at radius 2 is 1.81 bits per heavy atom. The third-order valence-corrected chi connectivity index (χ3v) is 3.14. The van der Waals surface area contributed by atoms with Crippen molar-refractivity contribution < 1.29 is 13.6 Å². The summed E-state index contributed by atoms with van der Waals surface area (Å²) in [6, 6.07) is 7.66. The van der Waals surface area contributed by atoms with E-state index in [-0.39, 0.29) is 12.2 Å². The van der Waals surface area contributed by atoms with Gasteiger partial charge in [-0.15, -0.1) is 0 Å². The van der Waals surface area contributed by atoms with E-state index in [2.05, 4.69) is 10.6 Å². The number of amides is 1. The molecule has 0 aliphatic carbocycles. The number of carbonyl (C=O) groups is 1. The van der Waals surface area contributed by atoms with Crippen molar-refractivity contribution in [3.05, 3.63) is 58.1 Å². The second kappa shape index (κ2) is 6.74. The number of rotatable bonds is 4. The van der Waals surface area contributed by atoms with Crippen LogP contribution in [0.2, 0.25) is 10.0 Å². The van der Waals surface area contributed by atoms with Crippen LogP contribution >= 0.6 is 23.2 Å². The fourth-order valence-electron chi connectivity index (χ4n) is 1.59. The van der Waals surface area contributed by atoms with Crippen molar-refractivity contribution >= 4 is 40.5 Å². The fraction of sp³-hybridized carbons (Fsp3) is 0.0714. The smallest absolute Gasteiger partial charge is 0.243 e. The topological polar surface area (TPSA) is 41.1 Å². The van der Waals surface area contributed by atoms with E-state index in [0.29, 0.717) is 21.8 Å². The van der Waals surface area contributed by atoms with Gasteiger partial charge in [0.2, 0.25) is 5.91 Å². The molecule has 0 atom stereocenters. The highest BCUT2D eigenvalue weighted by Gasteiger charge is 2.09. The maximum atomic E-state index is 13.4. The molecule has 0 saturated carbocycles. The summed E-state index contributed by atoms with van der Waals surface area (Å²) in [4.78, 5) is 11.7. The van der Waals surface area contributed by atoms with Gasteiger partial charge in [-0.1, -0.05) is 23.2 Å². The molecule has 0 aromatic heterocycles. The van der Waals surface area contributed by atoms with E-state index in [1.54, 1.807) is 18.2 Å². The van der Waals surface area contributed by atoms with Crippen molar-refractivity contribution in [1.29, 1.82) is 0 Å². The maximum absolute atomic E-state index is 13.4. The maximum Gasteiger partial charge on any atom is 0.243 e. The van der Waals surface area contributed by atoms with E-state index in [4.69, 9.17) is 23.2 Å². The van der Waals surface area contributed by atoms with Crippen molar-refractivity contribution in [2.75, 3.05) is 17.2 Å². The van der Waals surface area contributed by atoms with Crippen molar-refractivity contribution in [1.82, 2.24) is 0 Å². The third-order valence-electron chi connectivity index (χ3n) is 2.57. The highest BCUT2D eigenvalue weighted by Crippen LogP contribution is 2.25. The Morgan fingerprint density at radius 1 is 1.05 bits per heavy atom. The number of anilines is 2. The summed E-state index contributed by atoms with van der Waals surface area (Å²) in [5.41, 5.74) is 0.388. The zero-order valence-electron chi connectivity index (χ0n) is 10.6. The lowest BCUT2D eigenvalue weighted by Crippen LogP contribution is -2.22. The quantitative estimate of drug-likeness (QED) is 0.876. The Labute approximate surface area is 129 Å². The second-order valence-corrected chi connectivity index (χ2v) is 4.99. The van der Waals surface area contributed by atoms with E-state index >= 15 is 0 Å². The molecular weight excluding hydrogens is 321 g/mol. The van der Waals surface area contributed by atoms with Gasteiger partial charge in [-0.25, -0.2) is 8.78 Å². The van der Waals surface area contributed by atoms with Gasteiger partial charge in [0, 0.05) is 11.1 Å². The van der Waals surface area contributed by atoms with Crippen LogP contribution in [0, 0.1) is 11.6 Å². The molecule has 0 aliphatic rings. The number of hydrogen-bond donors (Lipinski definition) is 2. The lowest BCUT2D eigenvalue weighted by atomic mass is 10.3. The Bertz CT molecular complexity index is 680. The molecule has 2 aromatic carbocycles. The molecule has 0 unspecified atom stereocenters. The van der Waals surface area contributed by atoms with Crippen molar-refractivity contribution in [3.63, 3.8) is 0 Å². The van der Waals surface area contributed by atoms with E-state index in [1.807, 2.05) is 0 Å². The van der Waals surface area contributed by atoms with Crippen LogP contribution in [0.5, 0.6) is 0 Å². The van der Waals surface area contributed by atoms with Crippen LogP contribution < -0.4 is 10.6 Å². The Kier molecular flexibility index (Phi) is 4.98. The normalized spacial score (nSPS) is 10.3. The highest BCUT2D eigenvalue weighted by molar-refractivity contribution is 6.35. The van der Waals surface area contributed by atoms with Crippen molar-refractivity contribution in [3.8, 4) is 0 Å². The second-order valence-electron chi connectivity index (χ2n) is 4.15. The first-order valence-corrected chi connectivity index (χ1v) is 6.65. The van der Waals surface area contributed by atoms with Crippen LogP contribution in [-0.2, 0) is 4.79 Å². The Morgan fingerprint density at radius 3 is 2.52 bits per heavy atom. The first kappa shape index (κ1) is 15.5. The van der Waals surface area contributed by atoms with E-state index in [1.165, 1.54) is 0 Å². The molecule has 3 nitrogen and oxygen atoms in total. The molecule has 7 heteroatoms. The molecule has 2 N–H and O–H groups in total. The van der Waals surface area contributed by atoms with Crippen LogP contribution in [0.15, 0.2) is 36.4 Å². The summed E-state index contributed by atoms with van der Waals surface area (Å²) >= 11 is 11.7. The lowest BCUT2D eigenvalue weighted by Gasteiger charge is -2.10. The molecule has 1 amide bonds. The molecule has 2 rings (SSSR count). The first-order valence-electron chi connectivity index (χ1n) is 5.89. The van der Waals surface area contributed by atoms with Crippen LogP contribution in [0.1, 0.15) is 0 Å². The molecule has 0 heterocycles. The van der Waals surface area contributed by atoms with Gasteiger partial charge in [-0.3, -0.25) is 4.79 Å². The molecule has 0 aliphatic heterocycles. The largest absolute Gasteiger partial charge is 0.375 e. The predicted molar refractivity (Wildman–Crippen MR) is 79.9 cm³/mol. The van der Waals surface area contributed by atoms with Gasteiger partial charge in [-0.05, 0) is 30.3 Å². The lowest BCUT2D eigenvalue weighted by molar-refractivity contribution is -0.114. The minimum Gasteiger partial charge on any atom is -0.375 e. The summed E-state index contributed by atoms with van der Waals surface area (Å²) < 4.78 is 26.1. The summed E-state index contributed by atoms with van der Waals surface area (Å²) in [7, 11) is 0. The summed E-state index contributed by atoms with van der Waals surface area (Å²) in [5, 5.41) is 5.97. The first-order chi connectivity index (χ1) is 9.95. The van der Waals surface area contributed by atoms with Gasteiger partial charge < -0.3 is 10.6 Å². The minimum atomic E-state index is -0.843. The number of halogens is 4. The van der Waals surface area contributed by atoms with Crippen molar-refractivity contribution in [2.45, 2.75) is 0 Å². The number of carbonyl (C=O) groups excluding carboxylic acids is 1. The fourth-order valence-corrected chi connectivity index (χ4v) is 1.95. The van der Waals surface area contributed by atoms with Crippen LogP contribution in [0.3, 0.4) is 0 Å². The molecule has 0 radical (unpaired) electrons. The van der Waals surface area contributed by atoms with Gasteiger partial charge in [0.25, 0.3) is 0 Å². The van der Waals surface area contributed by atoms with Crippen LogP contribution in [0.4, 0.5) is 20.2 Å². The summed E-state index contributed by atoms with van der Waals surface area (Å²) in [6.45, 7) is -0.142. The highest BCUT2D eigenvalue weighted by atomic mass is 35.5. The van der Waals surface area contributed by atoms with Gasteiger partial charge in [0.15, 0.2) is 0 Å². The zero-order valence-corrected chi connectivity index (χ0v) is 12.1. The Balaban J connectivity index is 1.97. The zero-order chi connectivity index (χ0) is 15.4. The van der Waals surface area contributed by atoms with E-state index in [0.717, 1.165) is 12.1 Å². The standard InChI is InChI=1S/C14H10Cl2F2N2O/c15-8-1-3-10(16)13(5-8)19-7-14(21)20-12-4-2-9(17)6-11(12)18/h1-6,19H,7H2,(H,20,21). The molecular formula is C14H10Cl2F2N2O. The molecule has 21 heavy (non-hydrogen) atoms. The number of hydrogen-bond acceptors (Lipinski definition) is 2. The number of nitrogens with one attached hydrogen (secondary N) is 2. The molecule has 110 valence electrons. The van der Waals surface area contributed by atoms with Gasteiger partial charge in [0.1, 0.15) is 11.6 Å².